The van der Waals surface area contributed by atoms with E-state index >= 15 is 0 Å². The second-order valence-corrected chi connectivity index (χ2v) is 7.25. The molecule has 0 bridgehead atoms. The Balaban J connectivity index is 1.85. The number of hydrogen-bond donors (Lipinski definition) is 1. The molecular formula is C21H28N4O. The van der Waals surface area contributed by atoms with Crippen molar-refractivity contribution in [2.24, 2.45) is 5.92 Å². The predicted octanol–water partition coefficient (Wildman–Crippen LogP) is 4.27. The molecule has 0 spiro atoms. The topological polar surface area (TPSA) is 58.1 Å². The Hall–Kier alpha value is -2.43. The number of likely N-dealkylation sites (tertiary alicyclic amines) is 1. The highest BCUT2D eigenvalue weighted by atomic mass is 16.2. The highest BCUT2D eigenvalue weighted by Crippen LogP contribution is 2.25. The Labute approximate surface area is 155 Å². The molecule has 1 fully saturated rings. The molecule has 2 heterocycles. The van der Waals surface area contributed by atoms with Crippen LogP contribution in [-0.2, 0) is 6.42 Å². The molecular weight excluding hydrogens is 324 g/mol. The first-order valence-electron chi connectivity index (χ1n) is 9.48. The summed E-state index contributed by atoms with van der Waals surface area (Å²) < 4.78 is 0. The first-order valence-corrected chi connectivity index (χ1v) is 9.48. The molecule has 1 N–H and O–H groups in total. The zero-order chi connectivity index (χ0) is 18.7. The van der Waals surface area contributed by atoms with E-state index in [1.807, 2.05) is 11.8 Å². The molecule has 1 aliphatic rings. The molecule has 5 nitrogen and oxygen atoms in total. The van der Waals surface area contributed by atoms with E-state index in [-0.39, 0.29) is 5.91 Å². The lowest BCUT2D eigenvalue weighted by atomic mass is 9.99. The largest absolute Gasteiger partial charge is 0.340 e. The van der Waals surface area contributed by atoms with Crippen molar-refractivity contribution in [1.29, 1.82) is 0 Å². The summed E-state index contributed by atoms with van der Waals surface area (Å²) in [5.74, 6) is 1.98. The van der Waals surface area contributed by atoms with Crippen molar-refractivity contribution in [2.45, 2.75) is 47.0 Å². The molecule has 26 heavy (non-hydrogen) atoms. The van der Waals surface area contributed by atoms with Crippen LogP contribution in [0.5, 0.6) is 0 Å². The lowest BCUT2D eigenvalue weighted by Gasteiger charge is -2.30. The molecule has 0 radical (unpaired) electrons. The van der Waals surface area contributed by atoms with E-state index in [1.54, 1.807) is 6.07 Å². The van der Waals surface area contributed by atoms with Crippen LogP contribution in [-0.4, -0.2) is 33.9 Å². The van der Waals surface area contributed by atoms with Crippen LogP contribution in [0.15, 0.2) is 24.3 Å². The number of carbonyl (C=O) groups excluding carboxylic acids is 1. The number of rotatable bonds is 4. The number of nitrogens with one attached hydrogen (secondary N) is 1. The molecule has 2 aromatic rings. The van der Waals surface area contributed by atoms with Crippen LogP contribution in [0.1, 0.15) is 54.1 Å². The minimum atomic E-state index is 0.00551. The molecule has 1 amide bonds. The molecule has 0 aliphatic carbocycles. The number of carbonyl (C=O) groups is 1. The smallest absolute Gasteiger partial charge is 0.272 e. The molecule has 0 saturated carbocycles. The number of para-hydroxylation sites is 1. The van der Waals surface area contributed by atoms with Gasteiger partial charge in [-0.05, 0) is 50.2 Å². The minimum absolute atomic E-state index is 0.00551. The van der Waals surface area contributed by atoms with Crippen LogP contribution in [0.4, 0.5) is 11.5 Å². The Kier molecular flexibility index (Phi) is 5.55. The van der Waals surface area contributed by atoms with Gasteiger partial charge in [0.2, 0.25) is 0 Å². The fourth-order valence-corrected chi connectivity index (χ4v) is 3.45. The molecule has 1 aromatic heterocycles. The second-order valence-electron chi connectivity index (χ2n) is 7.25. The monoisotopic (exact) mass is 352 g/mol. The van der Waals surface area contributed by atoms with Gasteiger partial charge in [-0.15, -0.1) is 0 Å². The van der Waals surface area contributed by atoms with Gasteiger partial charge in [0.05, 0.1) is 0 Å². The summed E-state index contributed by atoms with van der Waals surface area (Å²) in [7, 11) is 0. The van der Waals surface area contributed by atoms with E-state index in [2.05, 4.69) is 54.3 Å². The van der Waals surface area contributed by atoms with Crippen molar-refractivity contribution < 1.29 is 4.79 Å². The molecule has 0 unspecified atom stereocenters. The number of hydrogen-bond acceptors (Lipinski definition) is 4. The van der Waals surface area contributed by atoms with Gasteiger partial charge in [-0.25, -0.2) is 9.97 Å². The normalized spacial score (nSPS) is 15.2. The molecule has 0 atom stereocenters. The van der Waals surface area contributed by atoms with Crippen molar-refractivity contribution in [1.82, 2.24) is 14.9 Å². The van der Waals surface area contributed by atoms with Gasteiger partial charge >= 0.3 is 0 Å². The van der Waals surface area contributed by atoms with Gasteiger partial charge in [0, 0.05) is 24.8 Å². The fraction of sp³-hybridized carbons (Fsp3) is 0.476. The van der Waals surface area contributed by atoms with Gasteiger partial charge in [-0.3, -0.25) is 4.79 Å². The van der Waals surface area contributed by atoms with Gasteiger partial charge in [0.1, 0.15) is 17.3 Å². The number of amides is 1. The summed E-state index contributed by atoms with van der Waals surface area (Å²) in [5.41, 5.74) is 3.94. The van der Waals surface area contributed by atoms with Gasteiger partial charge in [-0.1, -0.05) is 32.0 Å². The van der Waals surface area contributed by atoms with E-state index in [1.165, 1.54) is 11.1 Å². The first kappa shape index (κ1) is 18.4. The summed E-state index contributed by atoms with van der Waals surface area (Å²) in [6, 6.07) is 8.04. The number of anilines is 2. The Morgan fingerprint density at radius 2 is 1.96 bits per heavy atom. The number of piperidine rings is 1. The average molecular weight is 352 g/mol. The molecule has 3 rings (SSSR count). The highest BCUT2D eigenvalue weighted by Gasteiger charge is 2.23. The third-order valence-electron chi connectivity index (χ3n) is 5.12. The molecule has 1 aliphatic heterocycles. The SMILES string of the molecule is CCc1cccc(C)c1Nc1cc(C(=O)N2CCC(C)CC2)nc(C)n1. The van der Waals surface area contributed by atoms with Crippen molar-refractivity contribution in [3.8, 4) is 0 Å². The molecule has 138 valence electrons. The van der Waals surface area contributed by atoms with E-state index in [9.17, 15) is 4.79 Å². The zero-order valence-electron chi connectivity index (χ0n) is 16.2. The Bertz CT molecular complexity index is 795. The standard InChI is InChI=1S/C21H28N4O/c1-5-17-8-6-7-15(3)20(17)24-19-13-18(22-16(4)23-19)21(26)25-11-9-14(2)10-12-25/h6-8,13-14H,5,9-12H2,1-4H3,(H,22,23,24). The number of benzene rings is 1. The average Bonchev–Trinajstić information content (AvgIpc) is 2.63. The number of aromatic nitrogens is 2. The van der Waals surface area contributed by atoms with Gasteiger partial charge in [0.25, 0.3) is 5.91 Å². The van der Waals surface area contributed by atoms with Crippen LogP contribution in [0, 0.1) is 19.8 Å². The maximum atomic E-state index is 12.9. The van der Waals surface area contributed by atoms with E-state index in [4.69, 9.17) is 0 Å². The van der Waals surface area contributed by atoms with Crippen molar-refractivity contribution in [3.63, 3.8) is 0 Å². The third-order valence-corrected chi connectivity index (χ3v) is 5.12. The number of aryl methyl sites for hydroxylation is 3. The second kappa shape index (κ2) is 7.85. The maximum absolute atomic E-state index is 12.9. The predicted molar refractivity (Wildman–Crippen MR) is 105 cm³/mol. The highest BCUT2D eigenvalue weighted by molar-refractivity contribution is 5.93. The van der Waals surface area contributed by atoms with E-state index in [0.29, 0.717) is 23.3 Å². The molecule has 5 heteroatoms. The van der Waals surface area contributed by atoms with Crippen LogP contribution in [0.3, 0.4) is 0 Å². The van der Waals surface area contributed by atoms with Crippen LogP contribution < -0.4 is 5.32 Å². The Morgan fingerprint density at radius 1 is 1.23 bits per heavy atom. The Morgan fingerprint density at radius 3 is 2.65 bits per heavy atom. The summed E-state index contributed by atoms with van der Waals surface area (Å²) in [6.45, 7) is 9.91. The van der Waals surface area contributed by atoms with Crippen molar-refractivity contribution >= 4 is 17.4 Å². The van der Waals surface area contributed by atoms with Crippen LogP contribution >= 0.6 is 0 Å². The van der Waals surface area contributed by atoms with E-state index in [0.717, 1.165) is 38.0 Å². The first-order chi connectivity index (χ1) is 12.5. The maximum Gasteiger partial charge on any atom is 0.272 e. The summed E-state index contributed by atoms with van der Waals surface area (Å²) in [6.07, 6.45) is 3.06. The summed E-state index contributed by atoms with van der Waals surface area (Å²) in [5, 5.41) is 3.42. The van der Waals surface area contributed by atoms with Gasteiger partial charge in [-0.2, -0.15) is 0 Å². The van der Waals surface area contributed by atoms with Crippen molar-refractivity contribution in [3.05, 3.63) is 46.9 Å². The lowest BCUT2D eigenvalue weighted by molar-refractivity contribution is 0.0691. The van der Waals surface area contributed by atoms with Gasteiger partial charge in [0.15, 0.2) is 0 Å². The zero-order valence-corrected chi connectivity index (χ0v) is 16.2. The fourth-order valence-electron chi connectivity index (χ4n) is 3.45. The van der Waals surface area contributed by atoms with E-state index < -0.39 is 0 Å². The quantitative estimate of drug-likeness (QED) is 0.893. The minimum Gasteiger partial charge on any atom is -0.340 e. The van der Waals surface area contributed by atoms with Crippen LogP contribution in [0.25, 0.3) is 0 Å². The number of nitrogens with zero attached hydrogens (tertiary/aromatic N) is 3. The van der Waals surface area contributed by atoms with Crippen molar-refractivity contribution in [2.75, 3.05) is 18.4 Å². The molecule has 1 aromatic carbocycles. The summed E-state index contributed by atoms with van der Waals surface area (Å²) >= 11 is 0. The van der Waals surface area contributed by atoms with Crippen LogP contribution in [0.2, 0.25) is 0 Å². The third kappa shape index (κ3) is 4.03. The summed E-state index contributed by atoms with van der Waals surface area (Å²) in [4.78, 5) is 23.7. The lowest BCUT2D eigenvalue weighted by Crippen LogP contribution is -2.38. The molecule has 1 saturated heterocycles. The van der Waals surface area contributed by atoms with Gasteiger partial charge < -0.3 is 10.2 Å².